The first kappa shape index (κ1) is 13.5. The van der Waals surface area contributed by atoms with Gasteiger partial charge in [0.15, 0.2) is 0 Å². The van der Waals surface area contributed by atoms with Crippen LogP contribution < -0.4 is 10.1 Å². The van der Waals surface area contributed by atoms with Crippen LogP contribution in [0.1, 0.15) is 20.3 Å². The van der Waals surface area contributed by atoms with Crippen molar-refractivity contribution < 1.29 is 4.74 Å². The third-order valence-corrected chi connectivity index (χ3v) is 3.49. The fourth-order valence-electron chi connectivity index (χ4n) is 1.43. The quantitative estimate of drug-likeness (QED) is 0.864. The van der Waals surface area contributed by atoms with Crippen LogP contribution in [-0.2, 0) is 0 Å². The number of hydrogen-bond donors (Lipinski definition) is 1. The lowest BCUT2D eigenvalue weighted by atomic mass is 10.0. The fraction of sp³-hybridized carbons (Fsp3) is 0.538. The highest BCUT2D eigenvalue weighted by Crippen LogP contribution is 2.17. The number of hydrogen-bond acceptors (Lipinski definition) is 2. The molecule has 0 radical (unpaired) electrons. The summed E-state index contributed by atoms with van der Waals surface area (Å²) >= 11 is 3.40. The second-order valence-electron chi connectivity index (χ2n) is 4.15. The molecule has 1 aromatic rings. The maximum Gasteiger partial charge on any atom is 0.119 e. The summed E-state index contributed by atoms with van der Waals surface area (Å²) in [6, 6.07) is 8.49. The van der Waals surface area contributed by atoms with Crippen molar-refractivity contribution in [3.05, 3.63) is 28.7 Å². The Hall–Kier alpha value is -0.540. The summed E-state index contributed by atoms with van der Waals surface area (Å²) in [6.07, 6.45) is 1.07. The Morgan fingerprint density at radius 3 is 2.44 bits per heavy atom. The van der Waals surface area contributed by atoms with Crippen LogP contribution in [0.5, 0.6) is 5.75 Å². The van der Waals surface area contributed by atoms with Gasteiger partial charge >= 0.3 is 0 Å². The summed E-state index contributed by atoms with van der Waals surface area (Å²) in [5.41, 5.74) is 0. The monoisotopic (exact) mass is 285 g/mol. The zero-order chi connectivity index (χ0) is 12.0. The maximum atomic E-state index is 5.68. The van der Waals surface area contributed by atoms with Crippen LogP contribution in [0.15, 0.2) is 28.7 Å². The number of nitrogens with one attached hydrogen (secondary N) is 1. The van der Waals surface area contributed by atoms with Gasteiger partial charge in [0.1, 0.15) is 5.75 Å². The molecule has 0 saturated heterocycles. The molecule has 3 heteroatoms. The SMILES string of the molecule is CNC(C)C(C)CCOc1ccc(Br)cc1. The lowest BCUT2D eigenvalue weighted by molar-refractivity contribution is 0.265. The lowest BCUT2D eigenvalue weighted by Gasteiger charge is -2.19. The molecule has 90 valence electrons. The molecule has 0 aliphatic rings. The molecule has 0 aliphatic carbocycles. The Balaban J connectivity index is 2.27. The highest BCUT2D eigenvalue weighted by molar-refractivity contribution is 9.10. The van der Waals surface area contributed by atoms with Gasteiger partial charge < -0.3 is 10.1 Å². The molecule has 0 spiro atoms. The molecule has 0 aromatic heterocycles. The van der Waals surface area contributed by atoms with Gasteiger partial charge in [-0.2, -0.15) is 0 Å². The van der Waals surface area contributed by atoms with Crippen LogP contribution in [-0.4, -0.2) is 19.7 Å². The molecule has 16 heavy (non-hydrogen) atoms. The van der Waals surface area contributed by atoms with E-state index in [0.29, 0.717) is 12.0 Å². The van der Waals surface area contributed by atoms with Gasteiger partial charge in [0.2, 0.25) is 0 Å². The molecule has 2 unspecified atom stereocenters. The van der Waals surface area contributed by atoms with Crippen molar-refractivity contribution in [1.29, 1.82) is 0 Å². The predicted molar refractivity (Wildman–Crippen MR) is 71.9 cm³/mol. The topological polar surface area (TPSA) is 21.3 Å². The van der Waals surface area contributed by atoms with Crippen LogP contribution in [0.4, 0.5) is 0 Å². The van der Waals surface area contributed by atoms with Crippen LogP contribution in [0.25, 0.3) is 0 Å². The summed E-state index contributed by atoms with van der Waals surface area (Å²) in [5.74, 6) is 1.56. The Kier molecular flexibility index (Phi) is 5.85. The van der Waals surface area contributed by atoms with Gasteiger partial charge in [0.05, 0.1) is 6.61 Å². The van der Waals surface area contributed by atoms with E-state index in [-0.39, 0.29) is 0 Å². The molecule has 0 aliphatic heterocycles. The van der Waals surface area contributed by atoms with Crippen LogP contribution in [0, 0.1) is 5.92 Å². The summed E-state index contributed by atoms with van der Waals surface area (Å²) in [7, 11) is 2.00. The van der Waals surface area contributed by atoms with Crippen LogP contribution in [0.2, 0.25) is 0 Å². The van der Waals surface area contributed by atoms with Gasteiger partial charge in [-0.15, -0.1) is 0 Å². The van der Waals surface area contributed by atoms with Crippen LogP contribution in [0.3, 0.4) is 0 Å². The summed E-state index contributed by atoms with van der Waals surface area (Å²) < 4.78 is 6.76. The Bertz CT molecular complexity index is 299. The van der Waals surface area contributed by atoms with Gasteiger partial charge in [0.25, 0.3) is 0 Å². The lowest BCUT2D eigenvalue weighted by Crippen LogP contribution is -2.29. The molecule has 0 heterocycles. The van der Waals surface area contributed by atoms with Gasteiger partial charge in [-0.05, 0) is 50.6 Å². The zero-order valence-electron chi connectivity index (χ0n) is 10.2. The molecule has 0 saturated carbocycles. The Morgan fingerprint density at radius 2 is 1.88 bits per heavy atom. The van der Waals surface area contributed by atoms with Crippen molar-refractivity contribution in [2.75, 3.05) is 13.7 Å². The Labute approximate surface area is 107 Å². The standard InChI is InChI=1S/C13H20BrNO/c1-10(11(2)15-3)8-9-16-13-6-4-12(14)5-7-13/h4-7,10-11,15H,8-9H2,1-3H3. The first-order valence-corrected chi connectivity index (χ1v) is 6.48. The van der Waals surface area contributed by atoms with E-state index < -0.39 is 0 Å². The average molecular weight is 286 g/mol. The van der Waals surface area contributed by atoms with E-state index in [1.54, 1.807) is 0 Å². The maximum absolute atomic E-state index is 5.68. The van der Waals surface area contributed by atoms with Crippen LogP contribution >= 0.6 is 15.9 Å². The fourth-order valence-corrected chi connectivity index (χ4v) is 1.69. The van der Waals surface area contributed by atoms with E-state index in [1.165, 1.54) is 0 Å². The normalized spacial score (nSPS) is 14.5. The number of benzene rings is 1. The zero-order valence-corrected chi connectivity index (χ0v) is 11.8. The molecule has 2 atom stereocenters. The van der Waals surface area contributed by atoms with E-state index in [4.69, 9.17) is 4.74 Å². The van der Waals surface area contributed by atoms with E-state index in [2.05, 4.69) is 35.1 Å². The molecular formula is C13H20BrNO. The summed E-state index contributed by atoms with van der Waals surface area (Å²) in [4.78, 5) is 0. The minimum Gasteiger partial charge on any atom is -0.494 e. The molecule has 0 bridgehead atoms. The molecule has 0 fully saturated rings. The van der Waals surface area contributed by atoms with Crippen molar-refractivity contribution in [2.24, 2.45) is 5.92 Å². The van der Waals surface area contributed by atoms with Crippen molar-refractivity contribution >= 4 is 15.9 Å². The second kappa shape index (κ2) is 6.92. The van der Waals surface area contributed by atoms with E-state index >= 15 is 0 Å². The largest absolute Gasteiger partial charge is 0.494 e. The van der Waals surface area contributed by atoms with Crippen molar-refractivity contribution in [1.82, 2.24) is 5.32 Å². The summed E-state index contributed by atoms with van der Waals surface area (Å²) in [6.45, 7) is 5.21. The molecule has 1 rings (SSSR count). The minimum atomic E-state index is 0.536. The third kappa shape index (κ3) is 4.54. The first-order chi connectivity index (χ1) is 7.63. The Morgan fingerprint density at radius 1 is 1.25 bits per heavy atom. The van der Waals surface area contributed by atoms with Gasteiger partial charge in [-0.25, -0.2) is 0 Å². The third-order valence-electron chi connectivity index (χ3n) is 2.96. The second-order valence-corrected chi connectivity index (χ2v) is 5.06. The highest BCUT2D eigenvalue weighted by Gasteiger charge is 2.09. The predicted octanol–water partition coefficient (Wildman–Crippen LogP) is 3.46. The van der Waals surface area contributed by atoms with Crippen molar-refractivity contribution in [2.45, 2.75) is 26.3 Å². The summed E-state index contributed by atoms with van der Waals surface area (Å²) in [5, 5.41) is 3.26. The van der Waals surface area contributed by atoms with E-state index in [9.17, 15) is 0 Å². The highest BCUT2D eigenvalue weighted by atomic mass is 79.9. The first-order valence-electron chi connectivity index (χ1n) is 5.69. The molecular weight excluding hydrogens is 266 g/mol. The van der Waals surface area contributed by atoms with Gasteiger partial charge in [-0.1, -0.05) is 22.9 Å². The number of ether oxygens (including phenoxy) is 1. The van der Waals surface area contributed by atoms with Crippen molar-refractivity contribution in [3.8, 4) is 5.75 Å². The smallest absolute Gasteiger partial charge is 0.119 e. The molecule has 1 N–H and O–H groups in total. The minimum absolute atomic E-state index is 0.536. The molecule has 1 aromatic carbocycles. The van der Waals surface area contributed by atoms with E-state index in [1.807, 2.05) is 31.3 Å². The molecule has 2 nitrogen and oxygen atoms in total. The van der Waals surface area contributed by atoms with Crippen molar-refractivity contribution in [3.63, 3.8) is 0 Å². The number of rotatable bonds is 6. The van der Waals surface area contributed by atoms with Gasteiger partial charge in [-0.3, -0.25) is 0 Å². The van der Waals surface area contributed by atoms with Gasteiger partial charge in [0, 0.05) is 10.5 Å². The number of halogens is 1. The molecule has 0 amide bonds. The average Bonchev–Trinajstić information content (AvgIpc) is 2.30. The van der Waals surface area contributed by atoms with E-state index in [0.717, 1.165) is 23.2 Å².